The molecule has 0 aliphatic heterocycles. The highest BCUT2D eigenvalue weighted by Gasteiger charge is 2.27. The normalized spacial score (nSPS) is 27.0. The second-order valence-corrected chi connectivity index (χ2v) is 5.72. The fraction of sp³-hybridized carbons (Fsp3) is 1.00. The molecule has 1 fully saturated rings. The average molecular weight is 227 g/mol. The highest BCUT2D eigenvalue weighted by molar-refractivity contribution is 4.78. The molecule has 2 heteroatoms. The maximum Gasteiger partial charge on any atom is 0.0754 e. The molecule has 16 heavy (non-hydrogen) atoms. The van der Waals surface area contributed by atoms with E-state index >= 15 is 0 Å². The van der Waals surface area contributed by atoms with Crippen LogP contribution in [0, 0.1) is 5.92 Å². The molecule has 0 aromatic heterocycles. The van der Waals surface area contributed by atoms with Gasteiger partial charge in [-0.2, -0.15) is 0 Å². The van der Waals surface area contributed by atoms with E-state index in [0.29, 0.717) is 6.10 Å². The van der Waals surface area contributed by atoms with Gasteiger partial charge in [-0.3, -0.25) is 0 Å². The summed E-state index contributed by atoms with van der Waals surface area (Å²) in [6.45, 7) is 10.8. The van der Waals surface area contributed by atoms with Crippen LogP contribution in [-0.4, -0.2) is 24.8 Å². The van der Waals surface area contributed by atoms with Gasteiger partial charge in [0.25, 0.3) is 0 Å². The Balaban J connectivity index is 2.34. The molecule has 0 amide bonds. The first kappa shape index (κ1) is 14.0. The number of nitrogens with one attached hydrogen (secondary N) is 1. The Morgan fingerprint density at radius 2 is 2.00 bits per heavy atom. The van der Waals surface area contributed by atoms with E-state index in [1.165, 1.54) is 32.1 Å². The number of ether oxygens (including phenoxy) is 1. The van der Waals surface area contributed by atoms with Crippen LogP contribution in [0.4, 0.5) is 0 Å². The Hall–Kier alpha value is -0.0800. The Morgan fingerprint density at radius 3 is 2.62 bits per heavy atom. The second kappa shape index (κ2) is 6.61. The first-order chi connectivity index (χ1) is 7.57. The molecule has 0 spiro atoms. The van der Waals surface area contributed by atoms with E-state index in [9.17, 15) is 0 Å². The van der Waals surface area contributed by atoms with Gasteiger partial charge >= 0.3 is 0 Å². The van der Waals surface area contributed by atoms with Crippen molar-refractivity contribution in [2.45, 2.75) is 71.5 Å². The first-order valence-electron chi connectivity index (χ1n) is 6.96. The summed E-state index contributed by atoms with van der Waals surface area (Å²) in [6, 6.07) is 0. The minimum absolute atomic E-state index is 0.0176. The van der Waals surface area contributed by atoms with Crippen molar-refractivity contribution < 1.29 is 4.74 Å². The maximum atomic E-state index is 6.25. The third kappa shape index (κ3) is 4.84. The predicted octanol–water partition coefficient (Wildman–Crippen LogP) is 3.36. The SMILES string of the molecule is CCNCC(C)(C)OC1CCCC(CC)C1. The second-order valence-electron chi connectivity index (χ2n) is 5.72. The van der Waals surface area contributed by atoms with Crippen LogP contribution in [0.25, 0.3) is 0 Å². The van der Waals surface area contributed by atoms with Crippen molar-refractivity contribution in [3.8, 4) is 0 Å². The van der Waals surface area contributed by atoms with E-state index in [1.54, 1.807) is 0 Å². The summed E-state index contributed by atoms with van der Waals surface area (Å²) < 4.78 is 6.25. The molecule has 0 heterocycles. The molecule has 0 aromatic rings. The van der Waals surface area contributed by atoms with Gasteiger partial charge in [-0.25, -0.2) is 0 Å². The summed E-state index contributed by atoms with van der Waals surface area (Å²) in [5, 5.41) is 3.38. The molecule has 1 rings (SSSR count). The zero-order chi connectivity index (χ0) is 12.0. The summed E-state index contributed by atoms with van der Waals surface area (Å²) in [5.74, 6) is 0.897. The summed E-state index contributed by atoms with van der Waals surface area (Å²) in [6.07, 6.45) is 7.09. The van der Waals surface area contributed by atoms with Crippen LogP contribution in [0.1, 0.15) is 59.8 Å². The predicted molar refractivity (Wildman–Crippen MR) is 69.7 cm³/mol. The maximum absolute atomic E-state index is 6.25. The third-order valence-electron chi connectivity index (χ3n) is 3.60. The van der Waals surface area contributed by atoms with E-state index < -0.39 is 0 Å². The topological polar surface area (TPSA) is 21.3 Å². The fourth-order valence-corrected chi connectivity index (χ4v) is 2.64. The lowest BCUT2D eigenvalue weighted by molar-refractivity contribution is -0.0900. The van der Waals surface area contributed by atoms with Crippen molar-refractivity contribution in [3.63, 3.8) is 0 Å². The average Bonchev–Trinajstić information content (AvgIpc) is 2.26. The highest BCUT2D eigenvalue weighted by Crippen LogP contribution is 2.30. The van der Waals surface area contributed by atoms with Gasteiger partial charge in [0.2, 0.25) is 0 Å². The van der Waals surface area contributed by atoms with Gasteiger partial charge in [0, 0.05) is 6.54 Å². The van der Waals surface area contributed by atoms with Crippen LogP contribution >= 0.6 is 0 Å². The molecule has 0 aromatic carbocycles. The number of hydrogen-bond donors (Lipinski definition) is 1. The van der Waals surface area contributed by atoms with Gasteiger partial charge in [-0.15, -0.1) is 0 Å². The van der Waals surface area contributed by atoms with E-state index in [4.69, 9.17) is 4.74 Å². The standard InChI is InChI=1S/C14H29NO/c1-5-12-8-7-9-13(10-12)16-14(3,4)11-15-6-2/h12-13,15H,5-11H2,1-4H3. The van der Waals surface area contributed by atoms with Gasteiger partial charge in [0.1, 0.15) is 0 Å². The lowest BCUT2D eigenvalue weighted by atomic mass is 9.85. The zero-order valence-corrected chi connectivity index (χ0v) is 11.5. The molecule has 1 aliphatic rings. The minimum Gasteiger partial charge on any atom is -0.371 e. The van der Waals surface area contributed by atoms with Gasteiger partial charge in [0.05, 0.1) is 11.7 Å². The van der Waals surface area contributed by atoms with Crippen molar-refractivity contribution in [2.24, 2.45) is 5.92 Å². The smallest absolute Gasteiger partial charge is 0.0754 e. The van der Waals surface area contributed by atoms with Crippen LogP contribution in [0.15, 0.2) is 0 Å². The van der Waals surface area contributed by atoms with Crippen molar-refractivity contribution in [1.82, 2.24) is 5.32 Å². The van der Waals surface area contributed by atoms with Gasteiger partial charge in [0.15, 0.2) is 0 Å². The lowest BCUT2D eigenvalue weighted by Crippen LogP contribution is -2.41. The molecule has 0 radical (unpaired) electrons. The number of likely N-dealkylation sites (N-methyl/N-ethyl adjacent to an activating group) is 1. The van der Waals surface area contributed by atoms with E-state index in [1.807, 2.05) is 0 Å². The fourth-order valence-electron chi connectivity index (χ4n) is 2.64. The molecule has 1 aliphatic carbocycles. The minimum atomic E-state index is -0.0176. The summed E-state index contributed by atoms with van der Waals surface area (Å²) in [4.78, 5) is 0. The largest absolute Gasteiger partial charge is 0.371 e. The monoisotopic (exact) mass is 227 g/mol. The Bertz CT molecular complexity index is 191. The van der Waals surface area contributed by atoms with Crippen molar-refractivity contribution in [2.75, 3.05) is 13.1 Å². The van der Waals surface area contributed by atoms with Crippen molar-refractivity contribution >= 4 is 0 Å². The summed E-state index contributed by atoms with van der Waals surface area (Å²) >= 11 is 0. The lowest BCUT2D eigenvalue weighted by Gasteiger charge is -2.35. The first-order valence-corrected chi connectivity index (χ1v) is 6.96. The molecule has 1 saturated carbocycles. The zero-order valence-electron chi connectivity index (χ0n) is 11.5. The van der Waals surface area contributed by atoms with Crippen molar-refractivity contribution in [3.05, 3.63) is 0 Å². The Labute approximate surface area is 101 Å². The molecular formula is C14H29NO. The molecule has 2 unspecified atom stereocenters. The van der Waals surface area contributed by atoms with Crippen LogP contribution in [-0.2, 0) is 4.74 Å². The molecule has 2 atom stereocenters. The summed E-state index contributed by atoms with van der Waals surface area (Å²) in [7, 11) is 0. The van der Waals surface area contributed by atoms with Gasteiger partial charge in [-0.1, -0.05) is 33.1 Å². The quantitative estimate of drug-likeness (QED) is 0.751. The van der Waals surface area contributed by atoms with Gasteiger partial charge < -0.3 is 10.1 Å². The Morgan fingerprint density at radius 1 is 1.25 bits per heavy atom. The summed E-state index contributed by atoms with van der Waals surface area (Å²) in [5.41, 5.74) is -0.0176. The van der Waals surface area contributed by atoms with Crippen LogP contribution < -0.4 is 5.32 Å². The van der Waals surface area contributed by atoms with Crippen LogP contribution in [0.3, 0.4) is 0 Å². The van der Waals surface area contributed by atoms with Gasteiger partial charge in [-0.05, 0) is 39.2 Å². The Kier molecular flexibility index (Phi) is 5.77. The molecule has 1 N–H and O–H groups in total. The number of rotatable bonds is 6. The third-order valence-corrected chi connectivity index (χ3v) is 3.60. The van der Waals surface area contributed by atoms with Crippen LogP contribution in [0.2, 0.25) is 0 Å². The molecule has 2 nitrogen and oxygen atoms in total. The van der Waals surface area contributed by atoms with E-state index in [0.717, 1.165) is 19.0 Å². The molecule has 96 valence electrons. The highest BCUT2D eigenvalue weighted by atomic mass is 16.5. The van der Waals surface area contributed by atoms with E-state index in [2.05, 4.69) is 33.0 Å². The molecule has 0 saturated heterocycles. The molecule has 0 bridgehead atoms. The van der Waals surface area contributed by atoms with Crippen molar-refractivity contribution in [1.29, 1.82) is 0 Å². The van der Waals surface area contributed by atoms with E-state index in [-0.39, 0.29) is 5.60 Å². The van der Waals surface area contributed by atoms with Crippen LogP contribution in [0.5, 0.6) is 0 Å². The molecular weight excluding hydrogens is 198 g/mol. The number of hydrogen-bond acceptors (Lipinski definition) is 2.